The van der Waals surface area contributed by atoms with Crippen LogP contribution in [-0.4, -0.2) is 6.41 Å². The van der Waals surface area contributed by atoms with Gasteiger partial charge in [-0.05, 0) is 0 Å². The van der Waals surface area contributed by atoms with Crippen molar-refractivity contribution in [1.29, 1.82) is 0 Å². The van der Waals surface area contributed by atoms with Crippen LogP contribution in [0.3, 0.4) is 0 Å². The number of hydrogen-bond acceptors (Lipinski definition) is 1. The third kappa shape index (κ3) is 1.55. The van der Waals surface area contributed by atoms with E-state index in [1.54, 1.807) is 3.88 Å². The second kappa shape index (κ2) is 3.60. The van der Waals surface area contributed by atoms with Crippen LogP contribution in [-0.2, 0) is 21.6 Å². The first kappa shape index (κ1) is 11.2. The Morgan fingerprint density at radius 1 is 1.27 bits per heavy atom. The van der Waals surface area contributed by atoms with E-state index in [9.17, 15) is 4.79 Å². The molecule has 0 spiro atoms. The van der Waals surface area contributed by atoms with E-state index in [4.69, 9.17) is 0 Å². The van der Waals surface area contributed by atoms with Crippen molar-refractivity contribution >= 4 is 6.41 Å². The predicted molar refractivity (Wildman–Crippen MR) is 59.1 cm³/mol. The molecule has 2 rings (SSSR count). The monoisotopic (exact) mass is 241 g/mol. The number of carbonyl (C=O) groups excluding carboxylic acids is 1. The van der Waals surface area contributed by atoms with Crippen molar-refractivity contribution in [3.05, 3.63) is 20.6 Å². The SMILES string of the molecule is CC1=C(C)C(C)[C]([Ti]2([NH]C=O)[CH2][CH2]2)=C1C. The Morgan fingerprint density at radius 3 is 2.20 bits per heavy atom. The first-order valence-corrected chi connectivity index (χ1v) is 9.41. The third-order valence-corrected chi connectivity index (χ3v) is 10.5. The van der Waals surface area contributed by atoms with Crippen molar-refractivity contribution < 1.29 is 21.6 Å². The Labute approximate surface area is 95.5 Å². The summed E-state index contributed by atoms with van der Waals surface area (Å²) in [5.41, 5.74) is 4.45. The summed E-state index contributed by atoms with van der Waals surface area (Å²) in [5, 5.41) is 0. The van der Waals surface area contributed by atoms with Crippen molar-refractivity contribution in [2.45, 2.75) is 37.1 Å². The minimum absolute atomic E-state index is 0.583. The molecular weight excluding hydrogens is 222 g/mol. The molecule has 0 saturated carbocycles. The van der Waals surface area contributed by atoms with Gasteiger partial charge in [0.1, 0.15) is 0 Å². The molecule has 1 unspecified atom stereocenters. The van der Waals surface area contributed by atoms with Crippen LogP contribution in [0.25, 0.3) is 0 Å². The Balaban J connectivity index is 2.37. The Morgan fingerprint density at radius 2 is 1.87 bits per heavy atom. The van der Waals surface area contributed by atoms with Crippen molar-refractivity contribution in [3.63, 3.8) is 0 Å². The van der Waals surface area contributed by atoms with Gasteiger partial charge >= 0.3 is 95.5 Å². The van der Waals surface area contributed by atoms with E-state index in [-0.39, 0.29) is 0 Å². The fraction of sp³-hybridized carbons (Fsp3) is 0.583. The molecule has 1 heterocycles. The third-order valence-electron chi connectivity index (χ3n) is 4.24. The molecule has 2 aliphatic rings. The van der Waals surface area contributed by atoms with Gasteiger partial charge in [-0.2, -0.15) is 0 Å². The summed E-state index contributed by atoms with van der Waals surface area (Å²) in [5.74, 6) is 0.583. The zero-order valence-electron chi connectivity index (χ0n) is 9.98. The van der Waals surface area contributed by atoms with Crippen molar-refractivity contribution in [1.82, 2.24) is 3.80 Å². The fourth-order valence-electron chi connectivity index (χ4n) is 2.87. The molecule has 0 aromatic rings. The molecule has 0 aromatic carbocycles. The topological polar surface area (TPSA) is 29.1 Å². The number of nitrogens with one attached hydrogen (secondary N) is 1. The van der Waals surface area contributed by atoms with Gasteiger partial charge in [-0.1, -0.05) is 0 Å². The van der Waals surface area contributed by atoms with Crippen LogP contribution in [0.1, 0.15) is 27.7 Å². The zero-order chi connectivity index (χ0) is 11.2. The molecule has 82 valence electrons. The molecule has 0 radical (unpaired) electrons. The molecule has 15 heavy (non-hydrogen) atoms. The van der Waals surface area contributed by atoms with Gasteiger partial charge in [-0.25, -0.2) is 0 Å². The second-order valence-electron chi connectivity index (χ2n) is 4.91. The summed E-state index contributed by atoms with van der Waals surface area (Å²) in [6, 6.07) is 0. The molecule has 1 atom stereocenters. The van der Waals surface area contributed by atoms with E-state index in [1.165, 1.54) is 26.2 Å². The molecule has 0 aromatic heterocycles. The number of hydrogen-bond donors (Lipinski definition) is 1. The molecule has 1 saturated heterocycles. The second-order valence-corrected chi connectivity index (χ2v) is 11.1. The van der Waals surface area contributed by atoms with Gasteiger partial charge < -0.3 is 0 Å². The normalized spacial score (nSPS) is 28.4. The Kier molecular flexibility index (Phi) is 2.68. The van der Waals surface area contributed by atoms with Gasteiger partial charge in [0.25, 0.3) is 0 Å². The minimum atomic E-state index is -2.04. The molecular formula is C12H19NOTi. The molecule has 1 aliphatic heterocycles. The summed E-state index contributed by atoms with van der Waals surface area (Å²) in [7, 11) is 0. The first-order chi connectivity index (χ1) is 7.03. The van der Waals surface area contributed by atoms with Crippen LogP contribution in [0.4, 0.5) is 0 Å². The summed E-state index contributed by atoms with van der Waals surface area (Å²) >= 11 is -2.04. The summed E-state index contributed by atoms with van der Waals surface area (Å²) < 4.78 is 7.41. The predicted octanol–water partition coefficient (Wildman–Crippen LogP) is 2.91. The number of rotatable bonds is 3. The van der Waals surface area contributed by atoms with Crippen molar-refractivity contribution in [2.75, 3.05) is 0 Å². The molecule has 2 nitrogen and oxygen atoms in total. The molecule has 1 fully saturated rings. The quantitative estimate of drug-likeness (QED) is 0.597. The van der Waals surface area contributed by atoms with Crippen LogP contribution in [0, 0.1) is 5.92 Å². The maximum atomic E-state index is 10.7. The Hall–Kier alpha value is -0.336. The van der Waals surface area contributed by atoms with E-state index in [1.807, 2.05) is 0 Å². The van der Waals surface area contributed by atoms with Crippen LogP contribution in [0.15, 0.2) is 20.6 Å². The zero-order valence-corrected chi connectivity index (χ0v) is 11.5. The average Bonchev–Trinajstić information content (AvgIpc) is 2.92. The van der Waals surface area contributed by atoms with E-state index in [0.717, 1.165) is 6.41 Å². The van der Waals surface area contributed by atoms with Gasteiger partial charge in [0.15, 0.2) is 0 Å². The van der Waals surface area contributed by atoms with Crippen LogP contribution < -0.4 is 3.80 Å². The van der Waals surface area contributed by atoms with Gasteiger partial charge in [-0.15, -0.1) is 0 Å². The van der Waals surface area contributed by atoms with Crippen LogP contribution in [0.5, 0.6) is 0 Å². The maximum absolute atomic E-state index is 10.7. The molecule has 3 heteroatoms. The van der Waals surface area contributed by atoms with Crippen LogP contribution >= 0.6 is 0 Å². The van der Waals surface area contributed by atoms with E-state index < -0.39 is 16.8 Å². The Bertz CT molecular complexity index is 377. The van der Waals surface area contributed by atoms with E-state index in [2.05, 4.69) is 31.5 Å². The van der Waals surface area contributed by atoms with Gasteiger partial charge in [0.2, 0.25) is 0 Å². The molecule has 0 bridgehead atoms. The number of allylic oxidation sites excluding steroid dienone is 4. The number of amides is 1. The molecule has 1 aliphatic carbocycles. The fourth-order valence-corrected chi connectivity index (χ4v) is 9.80. The van der Waals surface area contributed by atoms with E-state index in [0.29, 0.717) is 5.92 Å². The first-order valence-electron chi connectivity index (χ1n) is 5.64. The van der Waals surface area contributed by atoms with E-state index >= 15 is 0 Å². The van der Waals surface area contributed by atoms with Gasteiger partial charge in [-0.3, -0.25) is 0 Å². The number of carbonyl (C=O) groups is 1. The molecule has 1 amide bonds. The van der Waals surface area contributed by atoms with Crippen molar-refractivity contribution in [3.8, 4) is 0 Å². The standard InChI is InChI=1S/C9H13.C2H4.CH3NO.Ti/c1-6-5-7(2)9(4)8(6)3;1-2;2-1-3;/h6H,1-4H3;1-2H2;1H,(H2,2,3);/q;;;+1/p-1. The van der Waals surface area contributed by atoms with Crippen LogP contribution in [0.2, 0.25) is 9.45 Å². The van der Waals surface area contributed by atoms with Gasteiger partial charge in [0.05, 0.1) is 0 Å². The molecule has 1 N–H and O–H groups in total. The summed E-state index contributed by atoms with van der Waals surface area (Å²) in [6.45, 7) is 8.97. The average molecular weight is 241 g/mol. The summed E-state index contributed by atoms with van der Waals surface area (Å²) in [4.78, 5) is 10.7. The van der Waals surface area contributed by atoms with Crippen molar-refractivity contribution in [2.24, 2.45) is 5.92 Å². The summed E-state index contributed by atoms with van der Waals surface area (Å²) in [6.07, 6.45) is 0.934. The van der Waals surface area contributed by atoms with Gasteiger partial charge in [0, 0.05) is 0 Å².